The van der Waals surface area contributed by atoms with Crippen molar-refractivity contribution < 1.29 is 4.42 Å². The maximum Gasteiger partial charge on any atom is 0.294 e. The van der Waals surface area contributed by atoms with E-state index in [1.54, 1.807) is 12.5 Å². The largest absolute Gasteiger partial charge is 0.432 e. The van der Waals surface area contributed by atoms with Crippen LogP contribution in [0.1, 0.15) is 12.8 Å². The highest BCUT2D eigenvalue weighted by molar-refractivity contribution is 5.17. The number of oxazole rings is 1. The average Bonchev–Trinajstić information content (AvgIpc) is 2.63. The smallest absolute Gasteiger partial charge is 0.294 e. The fourth-order valence-electron chi connectivity index (χ4n) is 0.864. The molecule has 1 aliphatic carbocycles. The first kappa shape index (κ1) is 5.77. The van der Waals surface area contributed by atoms with Gasteiger partial charge in [0.25, 0.3) is 6.01 Å². The lowest BCUT2D eigenvalue weighted by atomic mass is 10.4. The van der Waals surface area contributed by atoms with E-state index in [0.29, 0.717) is 6.01 Å². The first-order valence-electron chi connectivity index (χ1n) is 3.58. The first-order valence-corrected chi connectivity index (χ1v) is 3.58. The van der Waals surface area contributed by atoms with Gasteiger partial charge in [0.15, 0.2) is 0 Å². The Morgan fingerprint density at radius 3 is 3.20 bits per heavy atom. The summed E-state index contributed by atoms with van der Waals surface area (Å²) in [6.45, 7) is 1.01. The van der Waals surface area contributed by atoms with Gasteiger partial charge in [-0.05, 0) is 18.8 Å². The summed E-state index contributed by atoms with van der Waals surface area (Å²) in [5.41, 5.74) is 0. The van der Waals surface area contributed by atoms with E-state index in [-0.39, 0.29) is 0 Å². The van der Waals surface area contributed by atoms with Crippen LogP contribution in [0.3, 0.4) is 0 Å². The molecule has 3 heteroatoms. The van der Waals surface area contributed by atoms with E-state index in [1.807, 2.05) is 0 Å². The molecule has 0 spiro atoms. The number of hydrogen-bond acceptors (Lipinski definition) is 3. The van der Waals surface area contributed by atoms with E-state index >= 15 is 0 Å². The van der Waals surface area contributed by atoms with Crippen LogP contribution in [0.4, 0.5) is 6.01 Å². The summed E-state index contributed by atoms with van der Waals surface area (Å²) in [5, 5.41) is 3.11. The van der Waals surface area contributed by atoms with Gasteiger partial charge in [-0.1, -0.05) is 0 Å². The predicted molar refractivity (Wildman–Crippen MR) is 37.7 cm³/mol. The molecule has 0 aliphatic heterocycles. The van der Waals surface area contributed by atoms with Crippen molar-refractivity contribution in [3.63, 3.8) is 0 Å². The van der Waals surface area contributed by atoms with Crippen molar-refractivity contribution in [2.45, 2.75) is 12.8 Å². The van der Waals surface area contributed by atoms with E-state index < -0.39 is 0 Å². The molecule has 54 valence electrons. The molecule has 0 amide bonds. The van der Waals surface area contributed by atoms with Crippen LogP contribution in [0.25, 0.3) is 0 Å². The maximum atomic E-state index is 4.99. The van der Waals surface area contributed by atoms with Crippen LogP contribution < -0.4 is 5.32 Å². The van der Waals surface area contributed by atoms with E-state index in [2.05, 4.69) is 10.3 Å². The van der Waals surface area contributed by atoms with Gasteiger partial charge in [-0.25, -0.2) is 4.98 Å². The van der Waals surface area contributed by atoms with Gasteiger partial charge < -0.3 is 9.73 Å². The summed E-state index contributed by atoms with van der Waals surface area (Å²) in [6, 6.07) is 0.645. The second-order valence-corrected chi connectivity index (χ2v) is 2.66. The molecular weight excluding hydrogens is 128 g/mol. The van der Waals surface area contributed by atoms with Gasteiger partial charge >= 0.3 is 0 Å². The molecule has 1 aromatic heterocycles. The molecule has 0 saturated heterocycles. The highest BCUT2D eigenvalue weighted by Crippen LogP contribution is 2.28. The zero-order chi connectivity index (χ0) is 6.81. The van der Waals surface area contributed by atoms with Crippen LogP contribution in [0.2, 0.25) is 0 Å². The van der Waals surface area contributed by atoms with E-state index in [4.69, 9.17) is 4.42 Å². The van der Waals surface area contributed by atoms with Crippen molar-refractivity contribution in [1.29, 1.82) is 0 Å². The third kappa shape index (κ3) is 1.29. The van der Waals surface area contributed by atoms with Crippen LogP contribution >= 0.6 is 0 Å². The van der Waals surface area contributed by atoms with Crippen molar-refractivity contribution >= 4 is 6.01 Å². The number of nitrogens with zero attached hydrogens (tertiary/aromatic N) is 1. The Labute approximate surface area is 59.4 Å². The number of rotatable bonds is 3. The second kappa shape index (κ2) is 2.33. The van der Waals surface area contributed by atoms with Crippen LogP contribution in [0, 0.1) is 5.92 Å². The molecule has 1 aromatic rings. The minimum atomic E-state index is 0.645. The second-order valence-electron chi connectivity index (χ2n) is 2.66. The van der Waals surface area contributed by atoms with Gasteiger partial charge in [0.1, 0.15) is 6.26 Å². The Morgan fingerprint density at radius 2 is 2.60 bits per heavy atom. The quantitative estimate of drug-likeness (QED) is 0.687. The Balaban J connectivity index is 1.79. The average molecular weight is 138 g/mol. The minimum Gasteiger partial charge on any atom is -0.432 e. The van der Waals surface area contributed by atoms with Crippen LogP contribution in [0.5, 0.6) is 0 Å². The molecule has 10 heavy (non-hydrogen) atoms. The fourth-order valence-corrected chi connectivity index (χ4v) is 0.864. The van der Waals surface area contributed by atoms with Crippen LogP contribution in [-0.2, 0) is 0 Å². The molecule has 0 bridgehead atoms. The lowest BCUT2D eigenvalue weighted by molar-refractivity contribution is 0.569. The Bertz CT molecular complexity index is 191. The molecule has 0 aromatic carbocycles. The summed E-state index contributed by atoms with van der Waals surface area (Å²) < 4.78 is 4.99. The van der Waals surface area contributed by atoms with Gasteiger partial charge in [0.05, 0.1) is 6.20 Å². The predicted octanol–water partition coefficient (Wildman–Crippen LogP) is 1.50. The normalized spacial score (nSPS) is 17.2. The molecule has 1 heterocycles. The summed E-state index contributed by atoms with van der Waals surface area (Å²) in [5.74, 6) is 0.867. The third-order valence-electron chi connectivity index (χ3n) is 1.67. The lowest BCUT2D eigenvalue weighted by Crippen LogP contribution is -2.02. The maximum absolute atomic E-state index is 4.99. The Hall–Kier alpha value is -0.990. The number of aromatic nitrogens is 1. The molecule has 1 saturated carbocycles. The van der Waals surface area contributed by atoms with E-state index in [0.717, 1.165) is 12.5 Å². The molecule has 1 aliphatic rings. The standard InChI is InChI=1S/C7H10N2O/c1-2-6(1)5-9-7-8-3-4-10-7/h3-4,6H,1-2,5H2,(H,8,9). The van der Waals surface area contributed by atoms with Crippen molar-refractivity contribution in [2.75, 3.05) is 11.9 Å². The Kier molecular flexibility index (Phi) is 1.34. The monoisotopic (exact) mass is 138 g/mol. The topological polar surface area (TPSA) is 38.1 Å². The molecule has 0 radical (unpaired) electrons. The molecule has 2 rings (SSSR count). The lowest BCUT2D eigenvalue weighted by Gasteiger charge is -1.96. The van der Waals surface area contributed by atoms with Crippen LogP contribution in [0.15, 0.2) is 16.9 Å². The number of nitrogens with one attached hydrogen (secondary N) is 1. The van der Waals surface area contributed by atoms with E-state index in [1.165, 1.54) is 12.8 Å². The molecule has 1 fully saturated rings. The molecule has 0 unspecified atom stereocenters. The summed E-state index contributed by atoms with van der Waals surface area (Å²) in [7, 11) is 0. The van der Waals surface area contributed by atoms with Crippen molar-refractivity contribution in [1.82, 2.24) is 4.98 Å². The molecular formula is C7H10N2O. The highest BCUT2D eigenvalue weighted by Gasteiger charge is 2.20. The summed E-state index contributed by atoms with van der Waals surface area (Å²) in [6.07, 6.45) is 5.94. The highest BCUT2D eigenvalue weighted by atomic mass is 16.4. The van der Waals surface area contributed by atoms with Gasteiger partial charge in [0.2, 0.25) is 0 Å². The van der Waals surface area contributed by atoms with Gasteiger partial charge in [-0.2, -0.15) is 0 Å². The number of anilines is 1. The van der Waals surface area contributed by atoms with Crippen molar-refractivity contribution in [3.05, 3.63) is 12.5 Å². The van der Waals surface area contributed by atoms with E-state index in [9.17, 15) is 0 Å². The molecule has 3 nitrogen and oxygen atoms in total. The molecule has 0 atom stereocenters. The summed E-state index contributed by atoms with van der Waals surface area (Å²) >= 11 is 0. The Morgan fingerprint density at radius 1 is 1.70 bits per heavy atom. The number of hydrogen-bond donors (Lipinski definition) is 1. The summed E-state index contributed by atoms with van der Waals surface area (Å²) in [4.78, 5) is 3.94. The fraction of sp³-hybridized carbons (Fsp3) is 0.571. The van der Waals surface area contributed by atoms with Gasteiger partial charge in [0, 0.05) is 6.54 Å². The minimum absolute atomic E-state index is 0.645. The van der Waals surface area contributed by atoms with Gasteiger partial charge in [-0.3, -0.25) is 0 Å². The van der Waals surface area contributed by atoms with Gasteiger partial charge in [-0.15, -0.1) is 0 Å². The zero-order valence-electron chi connectivity index (χ0n) is 5.71. The van der Waals surface area contributed by atoms with Crippen LogP contribution in [-0.4, -0.2) is 11.5 Å². The van der Waals surface area contributed by atoms with Crippen molar-refractivity contribution in [2.24, 2.45) is 5.92 Å². The third-order valence-corrected chi connectivity index (χ3v) is 1.67. The molecule has 1 N–H and O–H groups in total. The zero-order valence-corrected chi connectivity index (χ0v) is 5.71. The first-order chi connectivity index (χ1) is 4.95. The van der Waals surface area contributed by atoms with Crippen molar-refractivity contribution in [3.8, 4) is 0 Å². The SMILES string of the molecule is c1coc(NCC2CC2)n1.